The maximum Gasteiger partial charge on any atom is 0.215 e. The highest BCUT2D eigenvalue weighted by atomic mass is 35.5. The molecule has 2 aliphatic heterocycles. The first-order valence-corrected chi connectivity index (χ1v) is 10.6. The molecule has 0 fully saturated rings. The highest BCUT2D eigenvalue weighted by Gasteiger charge is 2.43. The minimum atomic E-state index is -0.304. The Morgan fingerprint density at radius 1 is 1.10 bits per heavy atom. The van der Waals surface area contributed by atoms with E-state index in [9.17, 15) is 4.79 Å². The zero-order valence-electron chi connectivity index (χ0n) is 17.0. The Labute approximate surface area is 181 Å². The van der Waals surface area contributed by atoms with Gasteiger partial charge in [-0.25, -0.2) is 10.4 Å². The average molecular weight is 422 g/mol. The monoisotopic (exact) mass is 421 g/mol. The molecule has 7 heteroatoms. The molecule has 154 valence electrons. The summed E-state index contributed by atoms with van der Waals surface area (Å²) in [6.07, 6.45) is 2.00. The zero-order chi connectivity index (χ0) is 20.8. The van der Waals surface area contributed by atoms with Crippen molar-refractivity contribution < 1.29 is 4.79 Å². The normalized spacial score (nSPS) is 23.0. The zero-order valence-corrected chi connectivity index (χ0v) is 17.8. The molecule has 1 aliphatic carbocycles. The maximum absolute atomic E-state index is 13.0. The first-order valence-electron chi connectivity index (χ1n) is 10.2. The van der Waals surface area contributed by atoms with Gasteiger partial charge in [-0.05, 0) is 36.6 Å². The Balaban J connectivity index is 1.57. The van der Waals surface area contributed by atoms with Crippen molar-refractivity contribution in [1.29, 1.82) is 0 Å². The predicted molar refractivity (Wildman–Crippen MR) is 119 cm³/mol. The smallest absolute Gasteiger partial charge is 0.215 e. The number of carbonyl (C=O) groups excluding carboxylic acids is 1. The third-order valence-corrected chi connectivity index (χ3v) is 6.26. The van der Waals surface area contributed by atoms with E-state index in [-0.39, 0.29) is 18.0 Å². The van der Waals surface area contributed by atoms with E-state index in [0.717, 1.165) is 46.9 Å². The SMILES string of the molecule is CN(C)c1ccc(C2C3=C(CCCC3=O)NC3=NC(c4ccccc4Cl)NN32)cc1. The fourth-order valence-electron chi connectivity index (χ4n) is 4.38. The number of hydrogen-bond acceptors (Lipinski definition) is 6. The number of nitrogens with one attached hydrogen (secondary N) is 2. The van der Waals surface area contributed by atoms with Crippen LogP contribution >= 0.6 is 11.6 Å². The molecular weight excluding hydrogens is 398 g/mol. The van der Waals surface area contributed by atoms with Gasteiger partial charge in [-0.1, -0.05) is 41.9 Å². The predicted octanol–water partition coefficient (Wildman–Crippen LogP) is 3.93. The fraction of sp³-hybridized carbons (Fsp3) is 0.304. The molecule has 0 bridgehead atoms. The highest BCUT2D eigenvalue weighted by molar-refractivity contribution is 6.31. The van der Waals surface area contributed by atoms with Gasteiger partial charge in [-0.3, -0.25) is 9.80 Å². The molecule has 0 saturated heterocycles. The van der Waals surface area contributed by atoms with Crippen LogP contribution < -0.4 is 15.6 Å². The fourth-order valence-corrected chi connectivity index (χ4v) is 4.62. The highest BCUT2D eigenvalue weighted by Crippen LogP contribution is 2.41. The van der Waals surface area contributed by atoms with Crippen LogP contribution in [0.25, 0.3) is 0 Å². The van der Waals surface area contributed by atoms with Crippen LogP contribution in [0.3, 0.4) is 0 Å². The lowest BCUT2D eigenvalue weighted by molar-refractivity contribution is -0.116. The van der Waals surface area contributed by atoms with Crippen molar-refractivity contribution in [1.82, 2.24) is 15.8 Å². The Morgan fingerprint density at radius 2 is 1.87 bits per heavy atom. The summed E-state index contributed by atoms with van der Waals surface area (Å²) in [5.74, 6) is 0.933. The summed E-state index contributed by atoms with van der Waals surface area (Å²) >= 11 is 6.43. The van der Waals surface area contributed by atoms with Gasteiger partial charge in [0.1, 0.15) is 12.2 Å². The van der Waals surface area contributed by atoms with E-state index in [2.05, 4.69) is 39.9 Å². The maximum atomic E-state index is 13.0. The molecule has 0 amide bonds. The summed E-state index contributed by atoms with van der Waals surface area (Å²) in [5, 5.41) is 6.07. The second-order valence-corrected chi connectivity index (χ2v) is 8.47. The summed E-state index contributed by atoms with van der Waals surface area (Å²) in [7, 11) is 4.04. The largest absolute Gasteiger partial charge is 0.378 e. The number of hydrogen-bond donors (Lipinski definition) is 2. The Kier molecular flexibility index (Phi) is 4.76. The molecule has 2 heterocycles. The van der Waals surface area contributed by atoms with Crippen molar-refractivity contribution in [3.63, 3.8) is 0 Å². The van der Waals surface area contributed by atoms with E-state index < -0.39 is 0 Å². The number of carbonyl (C=O) groups is 1. The van der Waals surface area contributed by atoms with E-state index in [0.29, 0.717) is 11.4 Å². The van der Waals surface area contributed by atoms with Crippen LogP contribution in [-0.2, 0) is 4.79 Å². The number of allylic oxidation sites excluding steroid dienone is 1. The average Bonchev–Trinajstić information content (AvgIpc) is 3.16. The van der Waals surface area contributed by atoms with E-state index in [1.165, 1.54) is 0 Å². The summed E-state index contributed by atoms with van der Waals surface area (Å²) in [4.78, 5) is 19.9. The summed E-state index contributed by atoms with van der Waals surface area (Å²) in [6.45, 7) is 0. The van der Waals surface area contributed by atoms with Gasteiger partial charge in [-0.15, -0.1) is 0 Å². The molecule has 0 radical (unpaired) electrons. The van der Waals surface area contributed by atoms with Crippen molar-refractivity contribution in [2.75, 3.05) is 19.0 Å². The molecule has 0 spiro atoms. The molecule has 2 aromatic carbocycles. The number of halogens is 1. The van der Waals surface area contributed by atoms with E-state index in [1.807, 2.05) is 43.4 Å². The Morgan fingerprint density at radius 3 is 2.60 bits per heavy atom. The van der Waals surface area contributed by atoms with Crippen LogP contribution in [0, 0.1) is 0 Å². The molecule has 6 nitrogen and oxygen atoms in total. The molecule has 3 aliphatic rings. The molecule has 30 heavy (non-hydrogen) atoms. The third kappa shape index (κ3) is 3.16. The Hall–Kier alpha value is -2.83. The second-order valence-electron chi connectivity index (χ2n) is 8.06. The topological polar surface area (TPSA) is 60.0 Å². The van der Waals surface area contributed by atoms with Crippen molar-refractivity contribution in [3.05, 3.63) is 76.0 Å². The molecular formula is C23H24ClN5O. The lowest BCUT2D eigenvalue weighted by Crippen LogP contribution is -2.52. The number of fused-ring (bicyclic) bond motifs is 1. The Bertz CT molecular complexity index is 1060. The van der Waals surface area contributed by atoms with Crippen molar-refractivity contribution in [2.24, 2.45) is 4.99 Å². The van der Waals surface area contributed by atoms with Crippen molar-refractivity contribution in [2.45, 2.75) is 31.5 Å². The van der Waals surface area contributed by atoms with Gasteiger partial charge < -0.3 is 10.2 Å². The summed E-state index contributed by atoms with van der Waals surface area (Å²) in [5.41, 5.74) is 8.39. The van der Waals surface area contributed by atoms with Crippen LogP contribution in [0.2, 0.25) is 5.02 Å². The first-order chi connectivity index (χ1) is 14.5. The van der Waals surface area contributed by atoms with Crippen LogP contribution in [-0.4, -0.2) is 30.8 Å². The number of ketones is 1. The number of benzene rings is 2. The number of hydrazine groups is 1. The van der Waals surface area contributed by atoms with Crippen LogP contribution in [0.4, 0.5) is 5.69 Å². The van der Waals surface area contributed by atoms with Crippen molar-refractivity contribution in [3.8, 4) is 0 Å². The van der Waals surface area contributed by atoms with Crippen molar-refractivity contribution >= 4 is 29.0 Å². The van der Waals surface area contributed by atoms with Crippen LogP contribution in [0.1, 0.15) is 42.6 Å². The minimum Gasteiger partial charge on any atom is -0.378 e. The van der Waals surface area contributed by atoms with Gasteiger partial charge in [0.15, 0.2) is 5.78 Å². The summed E-state index contributed by atoms with van der Waals surface area (Å²) < 4.78 is 0. The van der Waals surface area contributed by atoms with Crippen LogP contribution in [0.5, 0.6) is 0 Å². The van der Waals surface area contributed by atoms with E-state index in [4.69, 9.17) is 16.6 Å². The molecule has 2 N–H and O–H groups in total. The standard InChI is InChI=1S/C23H24ClN5O/c1-28(2)15-12-10-14(11-13-15)21-20-18(8-5-9-19(20)30)25-23-26-22(27-29(21)23)16-6-3-4-7-17(16)24/h3-4,6-7,10-13,21-22,27H,5,8-9H2,1-2H3,(H,25,26). The van der Waals surface area contributed by atoms with E-state index >= 15 is 0 Å². The number of rotatable bonds is 3. The van der Waals surface area contributed by atoms with Gasteiger partial charge in [0, 0.05) is 48.1 Å². The quantitative estimate of drug-likeness (QED) is 0.786. The number of aliphatic imine (C=N–C) groups is 1. The van der Waals surface area contributed by atoms with Gasteiger partial charge >= 0.3 is 0 Å². The third-order valence-electron chi connectivity index (χ3n) is 5.92. The van der Waals surface area contributed by atoms with Gasteiger partial charge in [0.2, 0.25) is 5.96 Å². The summed E-state index contributed by atoms with van der Waals surface area (Å²) in [6, 6.07) is 15.9. The number of Topliss-reactive ketones (excluding diaryl/α,β-unsaturated/α-hetero) is 1. The first kappa shape index (κ1) is 19.2. The van der Waals surface area contributed by atoms with Crippen LogP contribution in [0.15, 0.2) is 64.8 Å². The second kappa shape index (κ2) is 7.45. The molecule has 5 rings (SSSR count). The lowest BCUT2D eigenvalue weighted by Gasteiger charge is -2.39. The van der Waals surface area contributed by atoms with Gasteiger partial charge in [-0.2, -0.15) is 0 Å². The number of anilines is 1. The minimum absolute atomic E-state index is 0.201. The number of guanidine groups is 1. The van der Waals surface area contributed by atoms with E-state index in [1.54, 1.807) is 0 Å². The van der Waals surface area contributed by atoms with Gasteiger partial charge in [0.25, 0.3) is 0 Å². The molecule has 2 aromatic rings. The van der Waals surface area contributed by atoms with Gasteiger partial charge in [0.05, 0.1) is 0 Å². The molecule has 2 atom stereocenters. The number of nitrogens with zero attached hydrogens (tertiary/aromatic N) is 3. The molecule has 0 saturated carbocycles. The lowest BCUT2D eigenvalue weighted by atomic mass is 9.85. The molecule has 2 unspecified atom stereocenters. The molecule has 0 aromatic heterocycles.